The third-order valence-electron chi connectivity index (χ3n) is 3.45. The van der Waals surface area contributed by atoms with Crippen molar-refractivity contribution in [2.75, 3.05) is 5.32 Å². The van der Waals surface area contributed by atoms with E-state index < -0.39 is 0 Å². The molecular weight excluding hydrogens is 228 g/mol. The molecule has 4 N–H and O–H groups in total. The summed E-state index contributed by atoms with van der Waals surface area (Å²) in [5.41, 5.74) is 5.57. The Bertz CT molecular complexity index is 456. The molecule has 0 spiro atoms. The third-order valence-corrected chi connectivity index (χ3v) is 3.80. The maximum absolute atomic E-state index is 11.3. The van der Waals surface area contributed by atoms with Crippen molar-refractivity contribution in [1.29, 1.82) is 0 Å². The van der Waals surface area contributed by atoms with Gasteiger partial charge in [-0.1, -0.05) is 25.4 Å². The van der Waals surface area contributed by atoms with E-state index in [1.165, 1.54) is 6.33 Å². The van der Waals surface area contributed by atoms with Crippen molar-refractivity contribution in [3.05, 3.63) is 21.7 Å². The van der Waals surface area contributed by atoms with Gasteiger partial charge in [-0.3, -0.25) is 4.79 Å². The smallest absolute Gasteiger partial charge is 0.271 e. The van der Waals surface area contributed by atoms with Crippen LogP contribution < -0.4 is 16.6 Å². The van der Waals surface area contributed by atoms with E-state index in [9.17, 15) is 4.79 Å². The molecule has 16 heavy (non-hydrogen) atoms. The molecule has 6 heteroatoms. The summed E-state index contributed by atoms with van der Waals surface area (Å²) in [6.45, 7) is 4.17. The second kappa shape index (κ2) is 3.75. The highest BCUT2D eigenvalue weighted by molar-refractivity contribution is 6.32. The fourth-order valence-corrected chi connectivity index (χ4v) is 2.01. The average molecular weight is 243 g/mol. The molecule has 88 valence electrons. The van der Waals surface area contributed by atoms with Gasteiger partial charge >= 0.3 is 0 Å². The molecule has 0 radical (unpaired) electrons. The number of hydrogen-bond acceptors (Lipinski definition) is 4. The zero-order valence-electron chi connectivity index (χ0n) is 9.25. The van der Waals surface area contributed by atoms with Gasteiger partial charge in [-0.15, -0.1) is 0 Å². The number of aromatic nitrogens is 2. The predicted octanol–water partition coefficient (Wildman–Crippen LogP) is 0.961. The van der Waals surface area contributed by atoms with Crippen LogP contribution in [0.1, 0.15) is 20.3 Å². The molecule has 1 aliphatic carbocycles. The van der Waals surface area contributed by atoms with Crippen LogP contribution in [-0.4, -0.2) is 22.1 Å². The lowest BCUT2D eigenvalue weighted by Gasteiger charge is -2.50. The molecule has 1 aromatic heterocycles. The Hall–Kier alpha value is -1.07. The molecule has 2 unspecified atom stereocenters. The van der Waals surface area contributed by atoms with E-state index in [4.69, 9.17) is 17.3 Å². The number of anilines is 1. The zero-order chi connectivity index (χ0) is 11.9. The summed E-state index contributed by atoms with van der Waals surface area (Å²) in [7, 11) is 0. The molecule has 0 aliphatic heterocycles. The number of H-pyrrole nitrogens is 1. The number of nitrogens with zero attached hydrogens (tertiary/aromatic N) is 1. The second-order valence-electron chi connectivity index (χ2n) is 4.75. The molecule has 0 aromatic carbocycles. The SMILES string of the molecule is CC1(C)C(N)CC1Nc1nc[nH]c(=O)c1Cl. The first-order valence-electron chi connectivity index (χ1n) is 5.18. The summed E-state index contributed by atoms with van der Waals surface area (Å²) in [4.78, 5) is 17.7. The van der Waals surface area contributed by atoms with Crippen LogP contribution in [0.25, 0.3) is 0 Å². The summed E-state index contributed by atoms with van der Waals surface area (Å²) < 4.78 is 0. The second-order valence-corrected chi connectivity index (χ2v) is 5.13. The maximum Gasteiger partial charge on any atom is 0.271 e. The largest absolute Gasteiger partial charge is 0.365 e. The van der Waals surface area contributed by atoms with Gasteiger partial charge < -0.3 is 16.0 Å². The van der Waals surface area contributed by atoms with Gasteiger partial charge in [-0.25, -0.2) is 4.98 Å². The molecule has 0 bridgehead atoms. The highest BCUT2D eigenvalue weighted by atomic mass is 35.5. The first kappa shape index (κ1) is 11.4. The van der Waals surface area contributed by atoms with Gasteiger partial charge in [0.25, 0.3) is 5.56 Å². The number of rotatable bonds is 2. The zero-order valence-corrected chi connectivity index (χ0v) is 10.0. The van der Waals surface area contributed by atoms with Crippen molar-refractivity contribution < 1.29 is 0 Å². The monoisotopic (exact) mass is 242 g/mol. The summed E-state index contributed by atoms with van der Waals surface area (Å²) in [6, 6.07) is 0.375. The van der Waals surface area contributed by atoms with Crippen LogP contribution in [0.3, 0.4) is 0 Å². The molecule has 1 aromatic rings. The topological polar surface area (TPSA) is 83.8 Å². The van der Waals surface area contributed by atoms with Crippen molar-refractivity contribution in [3.8, 4) is 0 Å². The molecule has 2 atom stereocenters. The lowest BCUT2D eigenvalue weighted by Crippen LogP contribution is -2.61. The lowest BCUT2D eigenvalue weighted by atomic mass is 9.63. The van der Waals surface area contributed by atoms with E-state index >= 15 is 0 Å². The Morgan fingerprint density at radius 3 is 2.94 bits per heavy atom. The molecule has 1 aliphatic rings. The van der Waals surface area contributed by atoms with E-state index in [2.05, 4.69) is 29.1 Å². The Morgan fingerprint density at radius 2 is 2.38 bits per heavy atom. The fourth-order valence-electron chi connectivity index (χ4n) is 1.85. The summed E-state index contributed by atoms with van der Waals surface area (Å²) >= 11 is 5.85. The van der Waals surface area contributed by atoms with Crippen LogP contribution in [0.5, 0.6) is 0 Å². The number of nitrogens with one attached hydrogen (secondary N) is 2. The van der Waals surface area contributed by atoms with Crippen molar-refractivity contribution >= 4 is 17.4 Å². The average Bonchev–Trinajstić information content (AvgIpc) is 2.24. The summed E-state index contributed by atoms with van der Waals surface area (Å²) in [5, 5.41) is 3.26. The summed E-state index contributed by atoms with van der Waals surface area (Å²) in [5.74, 6) is 0.426. The molecule has 5 nitrogen and oxygen atoms in total. The molecule has 0 amide bonds. The highest BCUT2D eigenvalue weighted by Gasteiger charge is 2.46. The van der Waals surface area contributed by atoms with E-state index in [1.807, 2.05) is 0 Å². The van der Waals surface area contributed by atoms with E-state index in [-0.39, 0.29) is 28.1 Å². The van der Waals surface area contributed by atoms with Crippen molar-refractivity contribution in [3.63, 3.8) is 0 Å². The van der Waals surface area contributed by atoms with Crippen molar-refractivity contribution in [2.45, 2.75) is 32.4 Å². The van der Waals surface area contributed by atoms with Crippen LogP contribution in [0, 0.1) is 5.41 Å². The first-order valence-corrected chi connectivity index (χ1v) is 5.56. The van der Waals surface area contributed by atoms with Gasteiger partial charge in [-0.05, 0) is 6.42 Å². The Kier molecular flexibility index (Phi) is 2.67. The minimum atomic E-state index is -0.333. The van der Waals surface area contributed by atoms with Gasteiger partial charge in [0.15, 0.2) is 5.82 Å². The number of nitrogens with two attached hydrogens (primary N) is 1. The Morgan fingerprint density at radius 1 is 1.69 bits per heavy atom. The van der Waals surface area contributed by atoms with Crippen molar-refractivity contribution in [1.82, 2.24) is 9.97 Å². The van der Waals surface area contributed by atoms with Gasteiger partial charge in [0.05, 0.1) is 6.33 Å². The van der Waals surface area contributed by atoms with Crippen molar-refractivity contribution in [2.24, 2.45) is 11.1 Å². The van der Waals surface area contributed by atoms with E-state index in [0.717, 1.165) is 6.42 Å². The quantitative estimate of drug-likeness (QED) is 0.721. The maximum atomic E-state index is 11.3. The van der Waals surface area contributed by atoms with E-state index in [0.29, 0.717) is 5.82 Å². The van der Waals surface area contributed by atoms with Crippen LogP contribution in [0.4, 0.5) is 5.82 Å². The van der Waals surface area contributed by atoms with Gasteiger partial charge in [0.1, 0.15) is 5.02 Å². The first-order chi connectivity index (χ1) is 7.43. The minimum Gasteiger partial charge on any atom is -0.365 e. The molecule has 1 fully saturated rings. The molecule has 1 saturated carbocycles. The van der Waals surface area contributed by atoms with E-state index in [1.54, 1.807) is 0 Å². The highest BCUT2D eigenvalue weighted by Crippen LogP contribution is 2.41. The van der Waals surface area contributed by atoms with Crippen LogP contribution in [-0.2, 0) is 0 Å². The predicted molar refractivity (Wildman–Crippen MR) is 63.7 cm³/mol. The number of halogens is 1. The molecular formula is C10H15ClN4O. The molecule has 0 saturated heterocycles. The third kappa shape index (κ3) is 1.70. The molecule has 1 heterocycles. The lowest BCUT2D eigenvalue weighted by molar-refractivity contribution is 0.117. The number of aromatic amines is 1. The summed E-state index contributed by atoms with van der Waals surface area (Å²) in [6.07, 6.45) is 2.19. The van der Waals surface area contributed by atoms with Gasteiger partial charge in [0, 0.05) is 17.5 Å². The normalized spacial score (nSPS) is 27.2. The number of hydrogen-bond donors (Lipinski definition) is 3. The fraction of sp³-hybridized carbons (Fsp3) is 0.600. The molecule has 2 rings (SSSR count). The standard InChI is InChI=1S/C10H15ClN4O/c1-10(2)5(12)3-6(10)15-8-7(11)9(16)14-4-13-8/h4-6H,3,12H2,1-2H3,(H2,13,14,15,16). The Labute approximate surface area is 98.4 Å². The van der Waals surface area contributed by atoms with Crippen LogP contribution in [0.15, 0.2) is 11.1 Å². The van der Waals surface area contributed by atoms with Gasteiger partial charge in [-0.2, -0.15) is 0 Å². The van der Waals surface area contributed by atoms with Crippen LogP contribution >= 0.6 is 11.6 Å². The van der Waals surface area contributed by atoms with Gasteiger partial charge in [0.2, 0.25) is 0 Å². The van der Waals surface area contributed by atoms with Crippen LogP contribution in [0.2, 0.25) is 5.02 Å². The Balaban J connectivity index is 2.17. The minimum absolute atomic E-state index is 0.00634.